The molecule has 2 heterocycles. The van der Waals surface area contributed by atoms with Crippen molar-refractivity contribution >= 4 is 0 Å². The Balaban J connectivity index is 1.80. The van der Waals surface area contributed by atoms with E-state index in [1.165, 1.54) is 19.3 Å². The van der Waals surface area contributed by atoms with Crippen LogP contribution in [-0.2, 0) is 10.3 Å². The molecule has 2 heteroatoms. The van der Waals surface area contributed by atoms with Crippen molar-refractivity contribution in [1.82, 2.24) is 4.98 Å². The third-order valence-electron chi connectivity index (χ3n) is 3.96. The Morgan fingerprint density at radius 1 is 1.53 bits per heavy atom. The average Bonchev–Trinajstić information content (AvgIpc) is 3.04. The van der Waals surface area contributed by atoms with Gasteiger partial charge in [0.2, 0.25) is 0 Å². The highest BCUT2D eigenvalue weighted by Gasteiger charge is 2.60. The number of fused-ring (bicyclic) bond motifs is 1. The molecular formula is C13H17NO. The number of epoxide rings is 1. The monoisotopic (exact) mass is 203 g/mol. The molecule has 1 aliphatic heterocycles. The second kappa shape index (κ2) is 3.31. The second-order valence-electron chi connectivity index (χ2n) is 4.76. The first-order valence-corrected chi connectivity index (χ1v) is 5.94. The van der Waals surface area contributed by atoms with Crippen molar-refractivity contribution in [2.45, 2.75) is 44.3 Å². The molecule has 1 aromatic heterocycles. The lowest BCUT2D eigenvalue weighted by Crippen LogP contribution is -2.23. The molecule has 0 amide bonds. The molecule has 2 aliphatic rings. The molecule has 0 radical (unpaired) electrons. The zero-order valence-corrected chi connectivity index (χ0v) is 9.15. The predicted octanol–water partition coefficient (Wildman–Crippen LogP) is 2.89. The fourth-order valence-electron chi connectivity index (χ4n) is 2.85. The summed E-state index contributed by atoms with van der Waals surface area (Å²) in [4.78, 5) is 4.44. The summed E-state index contributed by atoms with van der Waals surface area (Å²) in [6, 6.07) is 6.13. The van der Waals surface area contributed by atoms with Crippen molar-refractivity contribution in [2.75, 3.05) is 0 Å². The topological polar surface area (TPSA) is 25.4 Å². The molecule has 80 valence electrons. The van der Waals surface area contributed by atoms with Gasteiger partial charge in [-0.25, -0.2) is 0 Å². The van der Waals surface area contributed by atoms with Crippen LogP contribution in [0.2, 0.25) is 0 Å². The van der Waals surface area contributed by atoms with Gasteiger partial charge in [-0.05, 0) is 37.3 Å². The van der Waals surface area contributed by atoms with E-state index in [4.69, 9.17) is 4.74 Å². The molecule has 3 rings (SSSR count). The van der Waals surface area contributed by atoms with E-state index in [1.54, 1.807) is 0 Å². The lowest BCUT2D eigenvalue weighted by atomic mass is 9.79. The summed E-state index contributed by atoms with van der Waals surface area (Å²) in [7, 11) is 0. The first-order valence-electron chi connectivity index (χ1n) is 5.94. The zero-order chi connectivity index (χ0) is 10.3. The number of nitrogens with zero attached hydrogens (tertiary/aromatic N) is 1. The number of aromatic nitrogens is 1. The van der Waals surface area contributed by atoms with Crippen molar-refractivity contribution in [1.29, 1.82) is 0 Å². The summed E-state index contributed by atoms with van der Waals surface area (Å²) in [6.45, 7) is 2.28. The van der Waals surface area contributed by atoms with Crippen LogP contribution in [0.25, 0.3) is 0 Å². The van der Waals surface area contributed by atoms with Gasteiger partial charge in [-0.1, -0.05) is 19.4 Å². The van der Waals surface area contributed by atoms with Crippen LogP contribution in [0.5, 0.6) is 0 Å². The van der Waals surface area contributed by atoms with Gasteiger partial charge < -0.3 is 4.74 Å². The van der Waals surface area contributed by atoms with Gasteiger partial charge in [0.05, 0.1) is 11.8 Å². The number of rotatable bonds is 2. The van der Waals surface area contributed by atoms with Gasteiger partial charge in [0.25, 0.3) is 0 Å². The van der Waals surface area contributed by atoms with E-state index in [9.17, 15) is 0 Å². The Bertz CT molecular complexity index is 351. The maximum Gasteiger partial charge on any atom is 0.136 e. The molecular weight excluding hydrogens is 186 g/mol. The van der Waals surface area contributed by atoms with E-state index in [-0.39, 0.29) is 5.60 Å². The fourth-order valence-corrected chi connectivity index (χ4v) is 2.85. The molecule has 1 aromatic rings. The minimum Gasteiger partial charge on any atom is -0.359 e. The van der Waals surface area contributed by atoms with Crippen LogP contribution in [0.1, 0.15) is 38.3 Å². The summed E-state index contributed by atoms with van der Waals surface area (Å²) >= 11 is 0. The van der Waals surface area contributed by atoms with Gasteiger partial charge in [-0.3, -0.25) is 4.98 Å². The van der Waals surface area contributed by atoms with E-state index < -0.39 is 0 Å². The SMILES string of the molecule is CC[C@@H]1CC[C@]2(c3ccccn3)O[C@H]2C1. The lowest BCUT2D eigenvalue weighted by Gasteiger charge is -2.22. The van der Waals surface area contributed by atoms with Gasteiger partial charge in [0.15, 0.2) is 0 Å². The van der Waals surface area contributed by atoms with Crippen LogP contribution in [0.3, 0.4) is 0 Å². The Morgan fingerprint density at radius 2 is 2.47 bits per heavy atom. The van der Waals surface area contributed by atoms with E-state index in [2.05, 4.69) is 24.0 Å². The summed E-state index contributed by atoms with van der Waals surface area (Å²) in [5.41, 5.74) is 1.15. The number of pyridine rings is 1. The van der Waals surface area contributed by atoms with Crippen LogP contribution >= 0.6 is 0 Å². The maximum absolute atomic E-state index is 5.92. The Hall–Kier alpha value is -0.890. The third-order valence-corrected chi connectivity index (χ3v) is 3.96. The van der Waals surface area contributed by atoms with Crippen molar-refractivity contribution in [2.24, 2.45) is 5.92 Å². The van der Waals surface area contributed by atoms with Crippen LogP contribution in [0.15, 0.2) is 24.4 Å². The highest BCUT2D eigenvalue weighted by molar-refractivity contribution is 5.23. The van der Waals surface area contributed by atoms with Crippen molar-refractivity contribution in [3.63, 3.8) is 0 Å². The first kappa shape index (κ1) is 9.34. The highest BCUT2D eigenvalue weighted by Crippen LogP contribution is 2.56. The molecule has 1 saturated heterocycles. The summed E-state index contributed by atoms with van der Waals surface area (Å²) in [6.07, 6.45) is 7.29. The van der Waals surface area contributed by atoms with Crippen molar-refractivity contribution < 1.29 is 4.74 Å². The van der Waals surface area contributed by atoms with Gasteiger partial charge in [-0.15, -0.1) is 0 Å². The van der Waals surface area contributed by atoms with Crippen LogP contribution in [0.4, 0.5) is 0 Å². The normalized spacial score (nSPS) is 38.5. The summed E-state index contributed by atoms with van der Waals surface area (Å²) in [5, 5.41) is 0. The molecule has 0 N–H and O–H groups in total. The minimum absolute atomic E-state index is 0.00688. The Labute approximate surface area is 90.7 Å². The first-order chi connectivity index (χ1) is 7.35. The Kier molecular flexibility index (Phi) is 2.06. The van der Waals surface area contributed by atoms with E-state index in [0.29, 0.717) is 6.10 Å². The van der Waals surface area contributed by atoms with Crippen molar-refractivity contribution in [3.05, 3.63) is 30.1 Å². The van der Waals surface area contributed by atoms with E-state index >= 15 is 0 Å². The molecule has 0 spiro atoms. The quantitative estimate of drug-likeness (QED) is 0.690. The molecule has 0 aromatic carbocycles. The van der Waals surface area contributed by atoms with Crippen molar-refractivity contribution in [3.8, 4) is 0 Å². The number of hydrogen-bond donors (Lipinski definition) is 0. The molecule has 2 nitrogen and oxygen atoms in total. The van der Waals surface area contributed by atoms with E-state index in [1.807, 2.05) is 12.3 Å². The van der Waals surface area contributed by atoms with Gasteiger partial charge >= 0.3 is 0 Å². The fraction of sp³-hybridized carbons (Fsp3) is 0.615. The predicted molar refractivity (Wildman–Crippen MR) is 58.4 cm³/mol. The van der Waals surface area contributed by atoms with E-state index in [0.717, 1.165) is 18.0 Å². The average molecular weight is 203 g/mol. The molecule has 3 atom stereocenters. The molecule has 1 aliphatic carbocycles. The summed E-state index contributed by atoms with van der Waals surface area (Å²) < 4.78 is 5.92. The molecule has 0 bridgehead atoms. The third kappa shape index (κ3) is 1.39. The molecule has 1 saturated carbocycles. The lowest BCUT2D eigenvalue weighted by molar-refractivity contribution is 0.278. The maximum atomic E-state index is 5.92. The smallest absolute Gasteiger partial charge is 0.136 e. The van der Waals surface area contributed by atoms with Gasteiger partial charge in [0.1, 0.15) is 5.60 Å². The largest absolute Gasteiger partial charge is 0.359 e. The van der Waals surface area contributed by atoms with Crippen LogP contribution in [0, 0.1) is 5.92 Å². The van der Waals surface area contributed by atoms with Crippen LogP contribution < -0.4 is 0 Å². The van der Waals surface area contributed by atoms with Gasteiger partial charge in [-0.2, -0.15) is 0 Å². The number of ether oxygens (including phenoxy) is 1. The standard InChI is InChI=1S/C13H17NO/c1-2-10-6-7-13(12(9-10)15-13)11-5-3-4-8-14-11/h3-5,8,10,12H,2,6-7,9H2,1H3/t10-,12+,13-/m1/s1. The summed E-state index contributed by atoms with van der Waals surface area (Å²) in [5.74, 6) is 0.870. The zero-order valence-electron chi connectivity index (χ0n) is 9.15. The van der Waals surface area contributed by atoms with Crippen LogP contribution in [-0.4, -0.2) is 11.1 Å². The second-order valence-corrected chi connectivity index (χ2v) is 4.76. The highest BCUT2D eigenvalue weighted by atomic mass is 16.6. The molecule has 0 unspecified atom stereocenters. The minimum atomic E-state index is 0.00688. The molecule has 15 heavy (non-hydrogen) atoms. The Morgan fingerprint density at radius 3 is 3.13 bits per heavy atom. The molecule has 2 fully saturated rings. The number of hydrogen-bond acceptors (Lipinski definition) is 2. The van der Waals surface area contributed by atoms with Gasteiger partial charge in [0, 0.05) is 6.20 Å².